The Bertz CT molecular complexity index is 863. The summed E-state index contributed by atoms with van der Waals surface area (Å²) < 4.78 is 5.06. The van der Waals surface area contributed by atoms with Crippen LogP contribution in [0.3, 0.4) is 0 Å². The number of carbonyl (C=O) groups excluding carboxylic acids is 2. The summed E-state index contributed by atoms with van der Waals surface area (Å²) in [6.07, 6.45) is 3.15. The highest BCUT2D eigenvalue weighted by atomic mass is 16.5. The number of hydrogen-bond donors (Lipinski definition) is 3. The lowest BCUT2D eigenvalue weighted by atomic mass is 9.78. The maximum Gasteiger partial charge on any atom is 0.342 e. The lowest BCUT2D eigenvalue weighted by molar-refractivity contribution is -0.125. The Morgan fingerprint density at radius 1 is 1.15 bits per heavy atom. The van der Waals surface area contributed by atoms with Crippen LogP contribution < -0.4 is 5.32 Å². The van der Waals surface area contributed by atoms with Crippen molar-refractivity contribution >= 4 is 22.6 Å². The third-order valence-corrected chi connectivity index (χ3v) is 5.60. The van der Waals surface area contributed by atoms with Crippen LogP contribution in [-0.4, -0.2) is 34.7 Å². The molecular formula is C21H25NO5. The molecule has 3 N–H and O–H groups in total. The number of phenolic OH excluding ortho intramolecular Hbond substituents is 2. The van der Waals surface area contributed by atoms with E-state index in [0.29, 0.717) is 22.6 Å². The molecule has 0 aromatic heterocycles. The molecule has 6 nitrogen and oxygen atoms in total. The number of amides is 1. The van der Waals surface area contributed by atoms with Gasteiger partial charge < -0.3 is 20.3 Å². The number of carbonyl (C=O) groups is 2. The van der Waals surface area contributed by atoms with Gasteiger partial charge in [0, 0.05) is 16.8 Å². The van der Waals surface area contributed by atoms with Crippen LogP contribution in [-0.2, 0) is 9.53 Å². The Hall–Kier alpha value is -2.76. The van der Waals surface area contributed by atoms with Crippen molar-refractivity contribution in [2.24, 2.45) is 11.8 Å². The maximum atomic E-state index is 12.3. The van der Waals surface area contributed by atoms with Crippen molar-refractivity contribution in [2.45, 2.75) is 39.2 Å². The van der Waals surface area contributed by atoms with E-state index < -0.39 is 12.6 Å². The number of esters is 1. The van der Waals surface area contributed by atoms with Crippen molar-refractivity contribution < 1.29 is 24.5 Å². The van der Waals surface area contributed by atoms with E-state index in [0.717, 1.165) is 25.3 Å². The van der Waals surface area contributed by atoms with Crippen LogP contribution in [0.1, 0.15) is 43.5 Å². The number of fused-ring (bicyclic) bond motifs is 1. The highest BCUT2D eigenvalue weighted by molar-refractivity contribution is 6.04. The zero-order valence-electron chi connectivity index (χ0n) is 15.6. The zero-order valence-corrected chi connectivity index (χ0v) is 15.6. The Balaban J connectivity index is 1.65. The first kappa shape index (κ1) is 19.0. The molecule has 0 saturated heterocycles. The Morgan fingerprint density at radius 3 is 2.59 bits per heavy atom. The molecule has 0 spiro atoms. The average molecular weight is 371 g/mol. The summed E-state index contributed by atoms with van der Waals surface area (Å²) in [5.41, 5.74) is -0.168. The quantitative estimate of drug-likeness (QED) is 0.566. The summed E-state index contributed by atoms with van der Waals surface area (Å²) in [5.74, 6) is -0.704. The summed E-state index contributed by atoms with van der Waals surface area (Å²) in [7, 11) is 0. The molecule has 2 aromatic carbocycles. The van der Waals surface area contributed by atoms with Gasteiger partial charge >= 0.3 is 5.97 Å². The predicted octanol–water partition coefficient (Wildman–Crippen LogP) is 3.35. The summed E-state index contributed by atoms with van der Waals surface area (Å²) in [6.45, 7) is 3.87. The van der Waals surface area contributed by atoms with Gasteiger partial charge in [0.25, 0.3) is 5.91 Å². The van der Waals surface area contributed by atoms with Crippen LogP contribution >= 0.6 is 0 Å². The summed E-state index contributed by atoms with van der Waals surface area (Å²) in [5, 5.41) is 24.1. The first-order valence-electron chi connectivity index (χ1n) is 9.28. The molecule has 0 aliphatic heterocycles. The summed E-state index contributed by atoms with van der Waals surface area (Å²) >= 11 is 0. The van der Waals surface area contributed by atoms with Crippen molar-refractivity contribution in [3.05, 3.63) is 35.9 Å². The van der Waals surface area contributed by atoms with Gasteiger partial charge in [0.15, 0.2) is 6.61 Å². The molecule has 1 aliphatic carbocycles. The number of ether oxygens (including phenoxy) is 1. The number of aromatic hydroxyl groups is 2. The van der Waals surface area contributed by atoms with Crippen molar-refractivity contribution in [3.8, 4) is 11.5 Å². The first-order chi connectivity index (χ1) is 12.9. The predicted molar refractivity (Wildman–Crippen MR) is 102 cm³/mol. The molecule has 27 heavy (non-hydrogen) atoms. The lowest BCUT2D eigenvalue weighted by Gasteiger charge is -2.34. The van der Waals surface area contributed by atoms with Gasteiger partial charge in [-0.3, -0.25) is 4.79 Å². The molecular weight excluding hydrogens is 346 g/mol. The van der Waals surface area contributed by atoms with Gasteiger partial charge in [0.05, 0.1) is 0 Å². The van der Waals surface area contributed by atoms with Crippen LogP contribution in [0, 0.1) is 11.8 Å². The number of rotatable bonds is 4. The minimum absolute atomic E-state index is 0.0815. The smallest absolute Gasteiger partial charge is 0.342 e. The second kappa shape index (κ2) is 7.86. The standard InChI is InChI=1S/C21H25NO5/c1-12-6-5-9-17(13(12)2)22-19(24)11-27-21(26)16-10-18(23)14-7-3-4-8-15(14)20(16)25/h3-4,7-8,10,12-13,17,23,25H,5-6,9,11H2,1-2H3,(H,22,24)/t12-,13+,17-/m0/s1. The number of phenols is 2. The minimum Gasteiger partial charge on any atom is -0.507 e. The zero-order chi connectivity index (χ0) is 19.6. The second-order valence-electron chi connectivity index (χ2n) is 7.35. The molecule has 0 unspecified atom stereocenters. The van der Waals surface area contributed by atoms with Crippen molar-refractivity contribution in [3.63, 3.8) is 0 Å². The molecule has 3 atom stereocenters. The van der Waals surface area contributed by atoms with E-state index in [2.05, 4.69) is 19.2 Å². The topological polar surface area (TPSA) is 95.9 Å². The molecule has 1 amide bonds. The van der Waals surface area contributed by atoms with E-state index >= 15 is 0 Å². The molecule has 2 aromatic rings. The van der Waals surface area contributed by atoms with Gasteiger partial charge in [-0.1, -0.05) is 51.0 Å². The fourth-order valence-electron chi connectivity index (χ4n) is 3.74. The van der Waals surface area contributed by atoms with Gasteiger partial charge in [-0.2, -0.15) is 0 Å². The third kappa shape index (κ3) is 3.99. The molecule has 3 rings (SSSR count). The van der Waals surface area contributed by atoms with Crippen LogP contribution in [0.5, 0.6) is 11.5 Å². The van der Waals surface area contributed by atoms with Crippen LogP contribution in [0.25, 0.3) is 10.8 Å². The van der Waals surface area contributed by atoms with E-state index in [1.807, 2.05) is 0 Å². The Kier molecular flexibility index (Phi) is 5.54. The molecule has 144 valence electrons. The van der Waals surface area contributed by atoms with E-state index in [-0.39, 0.29) is 29.0 Å². The fourth-order valence-corrected chi connectivity index (χ4v) is 3.74. The molecule has 1 aliphatic rings. The van der Waals surface area contributed by atoms with Gasteiger partial charge in [-0.25, -0.2) is 4.79 Å². The van der Waals surface area contributed by atoms with Crippen molar-refractivity contribution in [1.29, 1.82) is 0 Å². The van der Waals surface area contributed by atoms with Gasteiger partial charge in [0.2, 0.25) is 0 Å². The van der Waals surface area contributed by atoms with Crippen LogP contribution in [0.4, 0.5) is 0 Å². The second-order valence-corrected chi connectivity index (χ2v) is 7.35. The third-order valence-electron chi connectivity index (χ3n) is 5.60. The summed E-state index contributed by atoms with van der Waals surface area (Å²) in [4.78, 5) is 24.5. The average Bonchev–Trinajstić information content (AvgIpc) is 2.66. The molecule has 1 fully saturated rings. The van der Waals surface area contributed by atoms with Crippen molar-refractivity contribution in [1.82, 2.24) is 5.32 Å². The maximum absolute atomic E-state index is 12.3. The minimum atomic E-state index is -0.853. The molecule has 6 heteroatoms. The van der Waals surface area contributed by atoms with Crippen LogP contribution in [0.15, 0.2) is 30.3 Å². The number of benzene rings is 2. The van der Waals surface area contributed by atoms with Gasteiger partial charge in [-0.05, 0) is 24.3 Å². The largest absolute Gasteiger partial charge is 0.507 e. The number of nitrogens with one attached hydrogen (secondary N) is 1. The highest BCUT2D eigenvalue weighted by Crippen LogP contribution is 2.35. The van der Waals surface area contributed by atoms with E-state index in [1.165, 1.54) is 0 Å². The lowest BCUT2D eigenvalue weighted by Crippen LogP contribution is -2.45. The normalized spacial score (nSPS) is 22.4. The monoisotopic (exact) mass is 371 g/mol. The summed E-state index contributed by atoms with van der Waals surface area (Å²) in [6, 6.07) is 7.88. The molecule has 1 saturated carbocycles. The van der Waals surface area contributed by atoms with Crippen molar-refractivity contribution in [2.75, 3.05) is 6.61 Å². The SMILES string of the molecule is C[C@H]1[C@@H](NC(=O)COC(=O)c2cc(O)c3ccccc3c2O)CCC[C@@H]1C. The van der Waals surface area contributed by atoms with Gasteiger partial charge in [0.1, 0.15) is 17.1 Å². The molecule has 0 radical (unpaired) electrons. The molecule has 0 heterocycles. The first-order valence-corrected chi connectivity index (χ1v) is 9.28. The highest BCUT2D eigenvalue weighted by Gasteiger charge is 2.28. The number of hydrogen-bond acceptors (Lipinski definition) is 5. The van der Waals surface area contributed by atoms with E-state index in [9.17, 15) is 19.8 Å². The Labute approximate surface area is 158 Å². The van der Waals surface area contributed by atoms with Crippen LogP contribution in [0.2, 0.25) is 0 Å². The molecule has 0 bridgehead atoms. The van der Waals surface area contributed by atoms with Gasteiger partial charge in [-0.15, -0.1) is 0 Å². The van der Waals surface area contributed by atoms with E-state index in [4.69, 9.17) is 4.74 Å². The fraction of sp³-hybridized carbons (Fsp3) is 0.429. The Morgan fingerprint density at radius 2 is 1.85 bits per heavy atom. The van der Waals surface area contributed by atoms with E-state index in [1.54, 1.807) is 24.3 Å².